The summed E-state index contributed by atoms with van der Waals surface area (Å²) in [6, 6.07) is 10.1. The number of fused-ring (bicyclic) bond motifs is 2. The van der Waals surface area contributed by atoms with E-state index in [0.717, 1.165) is 19.3 Å². The lowest BCUT2D eigenvalue weighted by molar-refractivity contribution is -0.152. The average Bonchev–Trinajstić information content (AvgIpc) is 2.91. The highest BCUT2D eigenvalue weighted by molar-refractivity contribution is 5.76. The Bertz CT molecular complexity index is 426. The zero-order valence-electron chi connectivity index (χ0n) is 9.93. The highest BCUT2D eigenvalue weighted by Gasteiger charge is 2.55. The Kier molecular flexibility index (Phi) is 2.46. The topological polar surface area (TPSA) is 37.3 Å². The van der Waals surface area contributed by atoms with Crippen molar-refractivity contribution in [3.63, 3.8) is 0 Å². The van der Waals surface area contributed by atoms with E-state index in [1.165, 1.54) is 12.0 Å². The Morgan fingerprint density at radius 2 is 2.06 bits per heavy atom. The molecule has 2 nitrogen and oxygen atoms in total. The number of hydrogen-bond acceptors (Lipinski definition) is 1. The van der Waals surface area contributed by atoms with E-state index in [1.54, 1.807) is 0 Å². The van der Waals surface area contributed by atoms with Gasteiger partial charge in [-0.25, -0.2) is 0 Å². The Hall–Kier alpha value is -1.31. The SMILES string of the molecule is O=C(O)[C@@]1(Cc2ccccc2)C[C@@H]2CC[C@@H]1C2. The van der Waals surface area contributed by atoms with Crippen LogP contribution >= 0.6 is 0 Å². The van der Waals surface area contributed by atoms with Crippen molar-refractivity contribution in [2.75, 3.05) is 0 Å². The van der Waals surface area contributed by atoms with Crippen LogP contribution in [0.25, 0.3) is 0 Å². The van der Waals surface area contributed by atoms with Gasteiger partial charge in [0, 0.05) is 0 Å². The molecule has 0 saturated heterocycles. The summed E-state index contributed by atoms with van der Waals surface area (Å²) in [6.07, 6.45) is 5.10. The maximum Gasteiger partial charge on any atom is 0.310 e. The fraction of sp³-hybridized carbons (Fsp3) is 0.533. The minimum Gasteiger partial charge on any atom is -0.481 e. The summed E-state index contributed by atoms with van der Waals surface area (Å²) < 4.78 is 0. The van der Waals surface area contributed by atoms with Crippen LogP contribution in [0, 0.1) is 17.3 Å². The molecule has 3 rings (SSSR count). The van der Waals surface area contributed by atoms with E-state index in [2.05, 4.69) is 12.1 Å². The van der Waals surface area contributed by atoms with Gasteiger partial charge in [-0.15, -0.1) is 0 Å². The number of carbonyl (C=O) groups is 1. The molecule has 2 aliphatic rings. The van der Waals surface area contributed by atoms with Crippen LogP contribution in [0.3, 0.4) is 0 Å². The molecule has 90 valence electrons. The molecule has 1 aromatic rings. The number of rotatable bonds is 3. The van der Waals surface area contributed by atoms with E-state index in [1.807, 2.05) is 18.2 Å². The molecule has 0 aliphatic heterocycles. The van der Waals surface area contributed by atoms with Gasteiger partial charge >= 0.3 is 5.97 Å². The predicted molar refractivity (Wildman–Crippen MR) is 65.7 cm³/mol. The van der Waals surface area contributed by atoms with Crippen molar-refractivity contribution in [3.05, 3.63) is 35.9 Å². The smallest absolute Gasteiger partial charge is 0.310 e. The van der Waals surface area contributed by atoms with E-state index in [4.69, 9.17) is 0 Å². The van der Waals surface area contributed by atoms with E-state index in [9.17, 15) is 9.90 Å². The number of aliphatic carboxylic acids is 1. The van der Waals surface area contributed by atoms with Gasteiger partial charge in [0.1, 0.15) is 0 Å². The summed E-state index contributed by atoms with van der Waals surface area (Å²) >= 11 is 0. The molecule has 0 unspecified atom stereocenters. The number of benzene rings is 1. The molecule has 0 spiro atoms. The first-order chi connectivity index (χ1) is 8.21. The highest BCUT2D eigenvalue weighted by Crippen LogP contribution is 2.57. The van der Waals surface area contributed by atoms with Gasteiger partial charge in [0.15, 0.2) is 0 Å². The van der Waals surface area contributed by atoms with Crippen molar-refractivity contribution in [2.24, 2.45) is 17.3 Å². The largest absolute Gasteiger partial charge is 0.481 e. The second-order valence-corrected chi connectivity index (χ2v) is 5.70. The lowest BCUT2D eigenvalue weighted by atomic mass is 9.69. The van der Waals surface area contributed by atoms with Crippen LogP contribution < -0.4 is 0 Å². The molecule has 0 radical (unpaired) electrons. The minimum absolute atomic E-state index is 0.408. The quantitative estimate of drug-likeness (QED) is 0.866. The Morgan fingerprint density at radius 1 is 1.29 bits per heavy atom. The standard InChI is InChI=1S/C15H18O2/c16-14(17)15(9-11-4-2-1-3-5-11)10-12-6-7-13(15)8-12/h1-5,12-13H,6-10H2,(H,16,17)/t12-,13-,15+/m1/s1. The molecule has 2 aliphatic carbocycles. The van der Waals surface area contributed by atoms with Gasteiger partial charge in [-0.3, -0.25) is 4.79 Å². The van der Waals surface area contributed by atoms with Gasteiger partial charge in [0.05, 0.1) is 5.41 Å². The fourth-order valence-corrected chi connectivity index (χ4v) is 3.96. The Morgan fingerprint density at radius 3 is 2.59 bits per heavy atom. The van der Waals surface area contributed by atoms with E-state index in [-0.39, 0.29) is 0 Å². The monoisotopic (exact) mass is 230 g/mol. The molecule has 0 amide bonds. The van der Waals surface area contributed by atoms with Crippen molar-refractivity contribution in [2.45, 2.75) is 32.1 Å². The fourth-order valence-electron chi connectivity index (χ4n) is 3.96. The lowest BCUT2D eigenvalue weighted by Crippen LogP contribution is -2.38. The molecule has 2 heteroatoms. The van der Waals surface area contributed by atoms with Crippen molar-refractivity contribution < 1.29 is 9.90 Å². The van der Waals surface area contributed by atoms with E-state index >= 15 is 0 Å². The minimum atomic E-state index is -0.575. The first-order valence-electron chi connectivity index (χ1n) is 6.48. The van der Waals surface area contributed by atoms with Crippen molar-refractivity contribution in [1.82, 2.24) is 0 Å². The van der Waals surface area contributed by atoms with E-state index in [0.29, 0.717) is 18.3 Å². The summed E-state index contributed by atoms with van der Waals surface area (Å²) in [7, 11) is 0. The zero-order chi connectivity index (χ0) is 11.9. The van der Waals surface area contributed by atoms with Gasteiger partial charge in [0.2, 0.25) is 0 Å². The molecule has 0 aromatic heterocycles. The Labute approximate surface area is 102 Å². The molecular formula is C15H18O2. The van der Waals surface area contributed by atoms with Crippen LogP contribution in [0.1, 0.15) is 31.2 Å². The zero-order valence-corrected chi connectivity index (χ0v) is 9.93. The van der Waals surface area contributed by atoms with Crippen molar-refractivity contribution in [3.8, 4) is 0 Å². The molecule has 2 saturated carbocycles. The van der Waals surface area contributed by atoms with Crippen LogP contribution in [0.15, 0.2) is 30.3 Å². The first-order valence-corrected chi connectivity index (χ1v) is 6.48. The van der Waals surface area contributed by atoms with Crippen LogP contribution in [0.5, 0.6) is 0 Å². The van der Waals surface area contributed by atoms with Gasteiger partial charge in [-0.1, -0.05) is 36.8 Å². The van der Waals surface area contributed by atoms with Crippen LogP contribution in [0.4, 0.5) is 0 Å². The summed E-state index contributed by atoms with van der Waals surface area (Å²) in [4.78, 5) is 11.7. The molecule has 1 aromatic carbocycles. The van der Waals surface area contributed by atoms with Gasteiger partial charge in [0.25, 0.3) is 0 Å². The maximum atomic E-state index is 11.7. The third-order valence-corrected chi connectivity index (χ3v) is 4.76. The molecule has 2 fully saturated rings. The number of carboxylic acid groups (broad SMARTS) is 1. The molecule has 3 atom stereocenters. The second-order valence-electron chi connectivity index (χ2n) is 5.70. The first kappa shape index (κ1) is 10.8. The normalized spacial score (nSPS) is 35.1. The van der Waals surface area contributed by atoms with Crippen LogP contribution in [0.2, 0.25) is 0 Å². The third kappa shape index (κ3) is 1.67. The molecule has 2 bridgehead atoms. The third-order valence-electron chi connectivity index (χ3n) is 4.76. The van der Waals surface area contributed by atoms with Gasteiger partial charge in [-0.2, -0.15) is 0 Å². The van der Waals surface area contributed by atoms with Crippen molar-refractivity contribution in [1.29, 1.82) is 0 Å². The second kappa shape index (κ2) is 3.86. The summed E-state index contributed by atoms with van der Waals surface area (Å²) in [5.74, 6) is 0.499. The summed E-state index contributed by atoms with van der Waals surface area (Å²) in [6.45, 7) is 0. The molecule has 0 heterocycles. The van der Waals surface area contributed by atoms with Gasteiger partial charge < -0.3 is 5.11 Å². The highest BCUT2D eigenvalue weighted by atomic mass is 16.4. The summed E-state index contributed by atoms with van der Waals surface area (Å²) in [5, 5.41) is 9.65. The molecule has 17 heavy (non-hydrogen) atoms. The lowest BCUT2D eigenvalue weighted by Gasteiger charge is -2.33. The van der Waals surface area contributed by atoms with E-state index < -0.39 is 11.4 Å². The molecular weight excluding hydrogens is 212 g/mol. The number of carboxylic acids is 1. The Balaban J connectivity index is 1.89. The van der Waals surface area contributed by atoms with Gasteiger partial charge in [-0.05, 0) is 43.1 Å². The van der Waals surface area contributed by atoms with Crippen molar-refractivity contribution >= 4 is 5.97 Å². The number of hydrogen-bond donors (Lipinski definition) is 1. The van der Waals surface area contributed by atoms with Crippen LogP contribution in [-0.4, -0.2) is 11.1 Å². The predicted octanol–water partition coefficient (Wildman–Crippen LogP) is 3.12. The van der Waals surface area contributed by atoms with Crippen LogP contribution in [-0.2, 0) is 11.2 Å². The average molecular weight is 230 g/mol. The summed E-state index contributed by atoms with van der Waals surface area (Å²) in [5.41, 5.74) is 0.701. The maximum absolute atomic E-state index is 11.7. The molecule has 1 N–H and O–H groups in total.